The Morgan fingerprint density at radius 3 is 2.50 bits per heavy atom. The molecule has 0 unspecified atom stereocenters. The lowest BCUT2D eigenvalue weighted by atomic mass is 10.0. The number of anilines is 1. The van der Waals surface area contributed by atoms with Gasteiger partial charge in [-0.25, -0.2) is 0 Å². The zero-order valence-electron chi connectivity index (χ0n) is 14.4. The fourth-order valence-corrected chi connectivity index (χ4v) is 3.00. The molecule has 2 aromatic carbocycles. The number of benzene rings is 2. The molecule has 3 nitrogen and oxygen atoms in total. The summed E-state index contributed by atoms with van der Waals surface area (Å²) in [5, 5.41) is 4.03. The highest BCUT2D eigenvalue weighted by Crippen LogP contribution is 2.26. The first-order chi connectivity index (χ1) is 11.5. The topological polar surface area (TPSA) is 34.0 Å². The van der Waals surface area contributed by atoms with Gasteiger partial charge in [0, 0.05) is 31.0 Å². The molecular weight excluding hydrogens is 296 g/mol. The van der Waals surface area contributed by atoms with Gasteiger partial charge in [-0.1, -0.05) is 35.9 Å². The molecule has 1 aromatic heterocycles. The van der Waals surface area contributed by atoms with Crippen molar-refractivity contribution in [1.82, 2.24) is 4.57 Å². The van der Waals surface area contributed by atoms with E-state index >= 15 is 0 Å². The number of hydrogen-bond donors (Lipinski definition) is 1. The van der Waals surface area contributed by atoms with Crippen LogP contribution in [0.2, 0.25) is 0 Å². The maximum absolute atomic E-state index is 13.2. The molecule has 3 rings (SSSR count). The van der Waals surface area contributed by atoms with Crippen LogP contribution in [0.15, 0.2) is 60.0 Å². The van der Waals surface area contributed by atoms with Crippen LogP contribution in [0.5, 0.6) is 0 Å². The molecule has 0 bridgehead atoms. The van der Waals surface area contributed by atoms with Crippen LogP contribution in [0, 0.1) is 13.8 Å². The Labute approximate surface area is 142 Å². The minimum atomic E-state index is 0.0542. The molecule has 0 radical (unpaired) electrons. The number of aryl methyl sites for hydroxylation is 3. The summed E-state index contributed by atoms with van der Waals surface area (Å²) in [4.78, 5) is 13.2. The van der Waals surface area contributed by atoms with Gasteiger partial charge in [-0.15, -0.1) is 6.58 Å². The Morgan fingerprint density at radius 2 is 1.83 bits per heavy atom. The predicted molar refractivity (Wildman–Crippen MR) is 103 cm³/mol. The van der Waals surface area contributed by atoms with E-state index < -0.39 is 0 Å². The van der Waals surface area contributed by atoms with Crippen molar-refractivity contribution in [2.45, 2.75) is 13.8 Å². The molecule has 1 heterocycles. The maximum atomic E-state index is 13.2. The molecule has 0 saturated heterocycles. The highest BCUT2D eigenvalue weighted by atomic mass is 16.1. The molecule has 122 valence electrons. The normalized spacial score (nSPS) is 10.8. The third-order valence-corrected chi connectivity index (χ3v) is 4.24. The van der Waals surface area contributed by atoms with Gasteiger partial charge in [0.15, 0.2) is 5.43 Å². The molecule has 0 amide bonds. The number of fused-ring (bicyclic) bond motifs is 1. The van der Waals surface area contributed by atoms with Crippen molar-refractivity contribution in [3.63, 3.8) is 0 Å². The van der Waals surface area contributed by atoms with Gasteiger partial charge in [0.2, 0.25) is 0 Å². The van der Waals surface area contributed by atoms with E-state index in [1.54, 1.807) is 6.08 Å². The molecule has 0 aliphatic rings. The quantitative estimate of drug-likeness (QED) is 0.723. The summed E-state index contributed by atoms with van der Waals surface area (Å²) in [6.07, 6.45) is 3.72. The molecule has 0 spiro atoms. The molecule has 0 atom stereocenters. The monoisotopic (exact) mass is 318 g/mol. The van der Waals surface area contributed by atoms with Crippen molar-refractivity contribution >= 4 is 16.6 Å². The van der Waals surface area contributed by atoms with Gasteiger partial charge in [0.25, 0.3) is 0 Å². The molecule has 3 heteroatoms. The van der Waals surface area contributed by atoms with Gasteiger partial charge in [-0.3, -0.25) is 4.79 Å². The average Bonchev–Trinajstić information content (AvgIpc) is 2.56. The van der Waals surface area contributed by atoms with Crippen molar-refractivity contribution in [3.05, 3.63) is 76.6 Å². The number of rotatable bonds is 4. The SMILES string of the molecule is C=CCNc1cc(C)cc2c1c(=O)c(-c1ccc(C)cc1)cn2C. The van der Waals surface area contributed by atoms with E-state index in [0.29, 0.717) is 6.54 Å². The largest absolute Gasteiger partial charge is 0.381 e. The first-order valence-electron chi connectivity index (χ1n) is 8.07. The van der Waals surface area contributed by atoms with Gasteiger partial charge in [0.05, 0.1) is 10.9 Å². The van der Waals surface area contributed by atoms with Crippen molar-refractivity contribution in [3.8, 4) is 11.1 Å². The molecule has 0 fully saturated rings. The van der Waals surface area contributed by atoms with Crippen LogP contribution < -0.4 is 10.7 Å². The number of pyridine rings is 1. The smallest absolute Gasteiger partial charge is 0.199 e. The van der Waals surface area contributed by atoms with E-state index in [2.05, 4.69) is 18.0 Å². The Balaban J connectivity index is 2.32. The van der Waals surface area contributed by atoms with Crippen LogP contribution in [0.1, 0.15) is 11.1 Å². The van der Waals surface area contributed by atoms with E-state index in [0.717, 1.165) is 33.3 Å². The highest BCUT2D eigenvalue weighted by molar-refractivity contribution is 5.95. The fourth-order valence-electron chi connectivity index (χ4n) is 3.00. The van der Waals surface area contributed by atoms with Gasteiger partial charge < -0.3 is 9.88 Å². The zero-order chi connectivity index (χ0) is 17.3. The second-order valence-corrected chi connectivity index (χ2v) is 6.23. The van der Waals surface area contributed by atoms with Crippen molar-refractivity contribution in [2.24, 2.45) is 7.05 Å². The summed E-state index contributed by atoms with van der Waals surface area (Å²) < 4.78 is 2.03. The number of nitrogens with zero attached hydrogens (tertiary/aromatic N) is 1. The van der Waals surface area contributed by atoms with E-state index in [1.807, 2.05) is 62.0 Å². The molecule has 0 aliphatic heterocycles. The Morgan fingerprint density at radius 1 is 1.12 bits per heavy atom. The first-order valence-corrected chi connectivity index (χ1v) is 8.07. The van der Waals surface area contributed by atoms with E-state index in [4.69, 9.17) is 0 Å². The summed E-state index contributed by atoms with van der Waals surface area (Å²) in [5.41, 5.74) is 5.81. The van der Waals surface area contributed by atoms with E-state index in [1.165, 1.54) is 5.56 Å². The van der Waals surface area contributed by atoms with Gasteiger partial charge in [-0.05, 0) is 37.1 Å². The lowest BCUT2D eigenvalue weighted by Crippen LogP contribution is -2.13. The number of nitrogens with one attached hydrogen (secondary N) is 1. The van der Waals surface area contributed by atoms with Crippen LogP contribution in [0.25, 0.3) is 22.0 Å². The van der Waals surface area contributed by atoms with Gasteiger partial charge in [-0.2, -0.15) is 0 Å². The molecular formula is C21H22N2O. The minimum absolute atomic E-state index is 0.0542. The van der Waals surface area contributed by atoms with Gasteiger partial charge >= 0.3 is 0 Å². The number of hydrogen-bond acceptors (Lipinski definition) is 2. The van der Waals surface area contributed by atoms with Crippen LogP contribution in [0.4, 0.5) is 5.69 Å². The molecule has 24 heavy (non-hydrogen) atoms. The minimum Gasteiger partial charge on any atom is -0.381 e. The lowest BCUT2D eigenvalue weighted by molar-refractivity contribution is 0.951. The lowest BCUT2D eigenvalue weighted by Gasteiger charge is -2.14. The Kier molecular flexibility index (Phi) is 4.26. The van der Waals surface area contributed by atoms with Crippen molar-refractivity contribution < 1.29 is 0 Å². The molecule has 3 aromatic rings. The van der Waals surface area contributed by atoms with Crippen molar-refractivity contribution in [1.29, 1.82) is 0 Å². The molecule has 0 aliphatic carbocycles. The summed E-state index contributed by atoms with van der Waals surface area (Å²) in [6.45, 7) is 8.45. The third kappa shape index (κ3) is 2.85. The standard InChI is InChI=1S/C21H22N2O/c1-5-10-22-18-11-15(3)12-19-20(18)21(24)17(13-23(19)4)16-8-6-14(2)7-9-16/h5-9,11-13,22H,1,10H2,2-4H3. The summed E-state index contributed by atoms with van der Waals surface area (Å²) >= 11 is 0. The Hall–Kier alpha value is -2.81. The Bertz CT molecular complexity index is 966. The number of aromatic nitrogens is 1. The fraction of sp³-hybridized carbons (Fsp3) is 0.190. The summed E-state index contributed by atoms with van der Waals surface area (Å²) in [6, 6.07) is 12.1. The highest BCUT2D eigenvalue weighted by Gasteiger charge is 2.13. The van der Waals surface area contributed by atoms with Crippen LogP contribution in [-0.2, 0) is 7.05 Å². The van der Waals surface area contributed by atoms with Gasteiger partial charge in [0.1, 0.15) is 0 Å². The van der Waals surface area contributed by atoms with Crippen molar-refractivity contribution in [2.75, 3.05) is 11.9 Å². The second kappa shape index (κ2) is 6.36. The second-order valence-electron chi connectivity index (χ2n) is 6.23. The van der Waals surface area contributed by atoms with E-state index in [9.17, 15) is 4.79 Å². The van der Waals surface area contributed by atoms with Crippen LogP contribution in [-0.4, -0.2) is 11.1 Å². The predicted octanol–water partition coefficient (Wildman–Crippen LogP) is 4.42. The first kappa shape index (κ1) is 16.1. The summed E-state index contributed by atoms with van der Waals surface area (Å²) in [7, 11) is 1.98. The van der Waals surface area contributed by atoms with Crippen LogP contribution >= 0.6 is 0 Å². The maximum Gasteiger partial charge on any atom is 0.199 e. The summed E-state index contributed by atoms with van der Waals surface area (Å²) in [5.74, 6) is 0. The zero-order valence-corrected chi connectivity index (χ0v) is 14.4. The third-order valence-electron chi connectivity index (χ3n) is 4.24. The molecule has 1 N–H and O–H groups in total. The average molecular weight is 318 g/mol. The van der Waals surface area contributed by atoms with Crippen LogP contribution in [0.3, 0.4) is 0 Å². The molecule has 0 saturated carbocycles. The van der Waals surface area contributed by atoms with E-state index in [-0.39, 0.29) is 5.43 Å².